The lowest BCUT2D eigenvalue weighted by Crippen LogP contribution is -2.47. The Hall–Kier alpha value is -1.13. The molecule has 4 heteroatoms. The van der Waals surface area contributed by atoms with Gasteiger partial charge < -0.3 is 10.0 Å². The van der Waals surface area contributed by atoms with E-state index < -0.39 is 0 Å². The molecule has 2 rings (SSSR count). The highest BCUT2D eigenvalue weighted by molar-refractivity contribution is 5.38. The number of piperazine rings is 1. The van der Waals surface area contributed by atoms with Gasteiger partial charge in [-0.1, -0.05) is 6.07 Å². The maximum Gasteiger partial charge on any atom is 0.128 e. The fourth-order valence-electron chi connectivity index (χ4n) is 1.88. The third kappa shape index (κ3) is 2.67. The summed E-state index contributed by atoms with van der Waals surface area (Å²) in [5.41, 5.74) is 0. The number of pyridine rings is 1. The molecule has 1 N–H and O–H groups in total. The molecule has 1 aromatic rings. The highest BCUT2D eigenvalue weighted by atomic mass is 16.3. The summed E-state index contributed by atoms with van der Waals surface area (Å²) in [7, 11) is 0. The molecule has 1 aliphatic rings. The third-order valence-corrected chi connectivity index (χ3v) is 2.76. The summed E-state index contributed by atoms with van der Waals surface area (Å²) >= 11 is 0. The Morgan fingerprint density at radius 3 is 2.60 bits per heavy atom. The summed E-state index contributed by atoms with van der Waals surface area (Å²) in [6.07, 6.45) is 1.83. The van der Waals surface area contributed by atoms with Gasteiger partial charge in [0.25, 0.3) is 0 Å². The number of β-amino-alcohol motifs (C(OH)–C–C–N with tert-alkyl or cyclic N) is 1. The molecule has 0 atom stereocenters. The Morgan fingerprint density at radius 1 is 1.20 bits per heavy atom. The minimum Gasteiger partial charge on any atom is -0.395 e. The first-order chi connectivity index (χ1) is 7.40. The van der Waals surface area contributed by atoms with Crippen LogP contribution < -0.4 is 4.90 Å². The summed E-state index contributed by atoms with van der Waals surface area (Å²) in [4.78, 5) is 8.89. The van der Waals surface area contributed by atoms with Crippen LogP contribution in [0.1, 0.15) is 0 Å². The zero-order chi connectivity index (χ0) is 10.5. The molecule has 15 heavy (non-hydrogen) atoms. The van der Waals surface area contributed by atoms with Gasteiger partial charge in [0.2, 0.25) is 0 Å². The molecule has 2 heterocycles. The first kappa shape index (κ1) is 10.4. The van der Waals surface area contributed by atoms with E-state index in [0.717, 1.165) is 38.5 Å². The van der Waals surface area contributed by atoms with E-state index in [1.165, 1.54) is 0 Å². The number of hydrogen-bond donors (Lipinski definition) is 1. The van der Waals surface area contributed by atoms with Gasteiger partial charge in [-0.05, 0) is 12.1 Å². The van der Waals surface area contributed by atoms with Crippen molar-refractivity contribution in [3.8, 4) is 0 Å². The van der Waals surface area contributed by atoms with Crippen molar-refractivity contribution in [1.29, 1.82) is 0 Å². The molecular formula is C11H17N3O. The van der Waals surface area contributed by atoms with Crippen molar-refractivity contribution in [2.75, 3.05) is 44.2 Å². The van der Waals surface area contributed by atoms with Crippen molar-refractivity contribution in [1.82, 2.24) is 9.88 Å². The van der Waals surface area contributed by atoms with Gasteiger partial charge in [0.1, 0.15) is 5.82 Å². The van der Waals surface area contributed by atoms with E-state index >= 15 is 0 Å². The summed E-state index contributed by atoms with van der Waals surface area (Å²) in [5, 5.41) is 8.83. The van der Waals surface area contributed by atoms with E-state index in [0.29, 0.717) is 0 Å². The van der Waals surface area contributed by atoms with Crippen LogP contribution in [-0.4, -0.2) is 54.3 Å². The van der Waals surface area contributed by atoms with E-state index in [-0.39, 0.29) is 6.61 Å². The average Bonchev–Trinajstić information content (AvgIpc) is 2.32. The first-order valence-electron chi connectivity index (χ1n) is 5.39. The summed E-state index contributed by atoms with van der Waals surface area (Å²) < 4.78 is 0. The van der Waals surface area contributed by atoms with Crippen molar-refractivity contribution in [3.05, 3.63) is 24.4 Å². The van der Waals surface area contributed by atoms with Crippen LogP contribution in [0.15, 0.2) is 24.4 Å². The van der Waals surface area contributed by atoms with Gasteiger partial charge in [-0.25, -0.2) is 4.98 Å². The van der Waals surface area contributed by atoms with Crippen LogP contribution in [0, 0.1) is 0 Å². The number of aliphatic hydroxyl groups excluding tert-OH is 1. The van der Waals surface area contributed by atoms with Gasteiger partial charge in [-0.3, -0.25) is 4.90 Å². The second kappa shape index (κ2) is 5.09. The lowest BCUT2D eigenvalue weighted by molar-refractivity contribution is 0.188. The lowest BCUT2D eigenvalue weighted by atomic mass is 10.3. The van der Waals surface area contributed by atoms with Crippen LogP contribution in [0.25, 0.3) is 0 Å². The summed E-state index contributed by atoms with van der Waals surface area (Å²) in [6.45, 7) is 5.06. The van der Waals surface area contributed by atoms with Crippen LogP contribution in [0.5, 0.6) is 0 Å². The zero-order valence-corrected chi connectivity index (χ0v) is 8.84. The highest BCUT2D eigenvalue weighted by Crippen LogP contribution is 2.11. The van der Waals surface area contributed by atoms with Crippen LogP contribution in [0.4, 0.5) is 5.82 Å². The van der Waals surface area contributed by atoms with Gasteiger partial charge in [0.15, 0.2) is 0 Å². The Kier molecular flexibility index (Phi) is 3.53. The van der Waals surface area contributed by atoms with Crippen molar-refractivity contribution < 1.29 is 5.11 Å². The Balaban J connectivity index is 1.88. The number of aromatic nitrogens is 1. The highest BCUT2D eigenvalue weighted by Gasteiger charge is 2.16. The topological polar surface area (TPSA) is 39.6 Å². The van der Waals surface area contributed by atoms with Gasteiger partial charge in [-0.15, -0.1) is 0 Å². The number of nitrogens with zero attached hydrogens (tertiary/aromatic N) is 3. The monoisotopic (exact) mass is 207 g/mol. The fraction of sp³-hybridized carbons (Fsp3) is 0.545. The van der Waals surface area contributed by atoms with Gasteiger partial charge >= 0.3 is 0 Å². The van der Waals surface area contributed by atoms with Crippen molar-refractivity contribution >= 4 is 5.82 Å². The molecule has 1 fully saturated rings. The predicted octanol–water partition coefficient (Wildman–Crippen LogP) is 0.196. The van der Waals surface area contributed by atoms with Crippen LogP contribution in [0.2, 0.25) is 0 Å². The SMILES string of the molecule is OCCN1CCN(c2ccccn2)CC1. The largest absolute Gasteiger partial charge is 0.395 e. The molecule has 0 amide bonds. The molecule has 0 aliphatic carbocycles. The maximum absolute atomic E-state index is 8.83. The zero-order valence-electron chi connectivity index (χ0n) is 8.84. The lowest BCUT2D eigenvalue weighted by Gasteiger charge is -2.34. The molecular weight excluding hydrogens is 190 g/mol. The van der Waals surface area contributed by atoms with E-state index in [1.54, 1.807) is 0 Å². The predicted molar refractivity (Wildman–Crippen MR) is 60.0 cm³/mol. The first-order valence-corrected chi connectivity index (χ1v) is 5.39. The van der Waals surface area contributed by atoms with E-state index in [4.69, 9.17) is 5.11 Å². The third-order valence-electron chi connectivity index (χ3n) is 2.76. The fourth-order valence-corrected chi connectivity index (χ4v) is 1.88. The Bertz CT molecular complexity index is 283. The number of rotatable bonds is 3. The molecule has 0 aromatic carbocycles. The second-order valence-corrected chi connectivity index (χ2v) is 3.74. The molecule has 1 saturated heterocycles. The molecule has 1 aliphatic heterocycles. The minimum atomic E-state index is 0.254. The molecule has 82 valence electrons. The minimum absolute atomic E-state index is 0.254. The number of anilines is 1. The van der Waals surface area contributed by atoms with Crippen molar-refractivity contribution in [2.24, 2.45) is 0 Å². The molecule has 0 unspecified atom stereocenters. The van der Waals surface area contributed by atoms with E-state index in [2.05, 4.69) is 14.8 Å². The normalized spacial score (nSPS) is 18.1. The summed E-state index contributed by atoms with van der Waals surface area (Å²) in [5.74, 6) is 1.06. The van der Waals surface area contributed by atoms with Crippen molar-refractivity contribution in [2.45, 2.75) is 0 Å². The average molecular weight is 207 g/mol. The van der Waals surface area contributed by atoms with Crippen LogP contribution in [-0.2, 0) is 0 Å². The summed E-state index contributed by atoms with van der Waals surface area (Å²) in [6, 6.07) is 6.00. The Labute approximate surface area is 90.1 Å². The van der Waals surface area contributed by atoms with Gasteiger partial charge in [0.05, 0.1) is 6.61 Å². The van der Waals surface area contributed by atoms with E-state index in [9.17, 15) is 0 Å². The van der Waals surface area contributed by atoms with Crippen molar-refractivity contribution in [3.63, 3.8) is 0 Å². The smallest absolute Gasteiger partial charge is 0.128 e. The Morgan fingerprint density at radius 2 is 2.00 bits per heavy atom. The molecule has 0 radical (unpaired) electrons. The molecule has 0 spiro atoms. The molecule has 0 saturated carbocycles. The van der Waals surface area contributed by atoms with Crippen LogP contribution in [0.3, 0.4) is 0 Å². The molecule has 0 bridgehead atoms. The maximum atomic E-state index is 8.83. The number of aliphatic hydroxyl groups is 1. The van der Waals surface area contributed by atoms with Gasteiger partial charge in [-0.2, -0.15) is 0 Å². The van der Waals surface area contributed by atoms with Crippen LogP contribution >= 0.6 is 0 Å². The second-order valence-electron chi connectivity index (χ2n) is 3.74. The standard InChI is InChI=1S/C11H17N3O/c15-10-9-13-5-7-14(8-6-13)11-3-1-2-4-12-11/h1-4,15H,5-10H2. The molecule has 4 nitrogen and oxygen atoms in total. The molecule has 1 aromatic heterocycles. The number of hydrogen-bond acceptors (Lipinski definition) is 4. The quantitative estimate of drug-likeness (QED) is 0.768. The van der Waals surface area contributed by atoms with E-state index in [1.807, 2.05) is 24.4 Å². The van der Waals surface area contributed by atoms with Gasteiger partial charge in [0, 0.05) is 38.9 Å².